The van der Waals surface area contributed by atoms with Crippen LogP contribution in [0.25, 0.3) is 0 Å². The van der Waals surface area contributed by atoms with Gasteiger partial charge < -0.3 is 5.73 Å². The van der Waals surface area contributed by atoms with Gasteiger partial charge in [-0.1, -0.05) is 26.2 Å². The third-order valence-electron chi connectivity index (χ3n) is 2.29. The van der Waals surface area contributed by atoms with Crippen molar-refractivity contribution < 1.29 is 0 Å². The molecule has 1 nitrogen and oxygen atoms in total. The van der Waals surface area contributed by atoms with Crippen LogP contribution in [0.5, 0.6) is 0 Å². The molecule has 0 aliphatic heterocycles. The lowest BCUT2D eigenvalue weighted by Gasteiger charge is -2.32. The third kappa shape index (κ3) is 3.04. The highest BCUT2D eigenvalue weighted by Crippen LogP contribution is 2.35. The summed E-state index contributed by atoms with van der Waals surface area (Å²) in [6, 6.07) is 0. The molecule has 1 fully saturated rings. The van der Waals surface area contributed by atoms with E-state index in [0.29, 0.717) is 0 Å². The average Bonchev–Trinajstić information content (AvgIpc) is 2.03. The van der Waals surface area contributed by atoms with Gasteiger partial charge in [-0.15, -0.1) is 11.8 Å². The maximum absolute atomic E-state index is 6.21. The van der Waals surface area contributed by atoms with E-state index in [1.54, 1.807) is 0 Å². The summed E-state index contributed by atoms with van der Waals surface area (Å²) in [4.78, 5) is 0.147. The van der Waals surface area contributed by atoms with Crippen LogP contribution < -0.4 is 5.73 Å². The molecule has 66 valence electrons. The van der Waals surface area contributed by atoms with Gasteiger partial charge in [0.05, 0.1) is 4.87 Å². The van der Waals surface area contributed by atoms with E-state index < -0.39 is 0 Å². The number of hydrogen-bond donors (Lipinski definition) is 1. The highest BCUT2D eigenvalue weighted by atomic mass is 32.2. The summed E-state index contributed by atoms with van der Waals surface area (Å²) in [7, 11) is 0. The average molecular weight is 173 g/mol. The molecule has 1 aliphatic carbocycles. The Labute approximate surface area is 74.1 Å². The van der Waals surface area contributed by atoms with Crippen molar-refractivity contribution in [2.24, 2.45) is 5.73 Å². The van der Waals surface area contributed by atoms with Crippen molar-refractivity contribution >= 4 is 11.8 Å². The molecule has 11 heavy (non-hydrogen) atoms. The Balaban J connectivity index is 2.25. The molecule has 1 aliphatic rings. The van der Waals surface area contributed by atoms with Gasteiger partial charge >= 0.3 is 0 Å². The second kappa shape index (κ2) is 4.36. The van der Waals surface area contributed by atoms with Gasteiger partial charge in [0.2, 0.25) is 0 Å². The maximum atomic E-state index is 6.21. The minimum Gasteiger partial charge on any atom is -0.317 e. The summed E-state index contributed by atoms with van der Waals surface area (Å²) < 4.78 is 0. The van der Waals surface area contributed by atoms with Gasteiger partial charge in [0.25, 0.3) is 0 Å². The molecule has 1 rings (SSSR count). The minimum atomic E-state index is 0.147. The van der Waals surface area contributed by atoms with Crippen molar-refractivity contribution in [3.05, 3.63) is 0 Å². The van der Waals surface area contributed by atoms with E-state index in [1.165, 1.54) is 44.3 Å². The molecule has 0 aromatic heterocycles. The zero-order chi connectivity index (χ0) is 8.16. The van der Waals surface area contributed by atoms with E-state index in [1.807, 2.05) is 11.8 Å². The first-order valence-corrected chi connectivity index (χ1v) is 5.68. The number of rotatable bonds is 3. The van der Waals surface area contributed by atoms with Crippen molar-refractivity contribution in [3.8, 4) is 0 Å². The van der Waals surface area contributed by atoms with Crippen molar-refractivity contribution in [2.75, 3.05) is 5.75 Å². The topological polar surface area (TPSA) is 26.0 Å². The Kier molecular flexibility index (Phi) is 3.73. The van der Waals surface area contributed by atoms with Gasteiger partial charge in [0, 0.05) is 0 Å². The molecule has 0 aromatic rings. The molecular weight excluding hydrogens is 154 g/mol. The molecule has 1 saturated carbocycles. The van der Waals surface area contributed by atoms with Crippen LogP contribution in [0.1, 0.15) is 45.4 Å². The van der Waals surface area contributed by atoms with Crippen LogP contribution in [-0.4, -0.2) is 10.6 Å². The molecule has 2 N–H and O–H groups in total. The zero-order valence-corrected chi connectivity index (χ0v) is 8.25. The number of thioether (sulfide) groups is 1. The van der Waals surface area contributed by atoms with E-state index >= 15 is 0 Å². The van der Waals surface area contributed by atoms with Crippen LogP contribution in [-0.2, 0) is 0 Å². The monoisotopic (exact) mass is 173 g/mol. The summed E-state index contributed by atoms with van der Waals surface area (Å²) in [6.07, 6.45) is 7.80. The first-order valence-electron chi connectivity index (χ1n) is 4.70. The fraction of sp³-hybridized carbons (Fsp3) is 1.00. The van der Waals surface area contributed by atoms with Crippen LogP contribution in [0, 0.1) is 0 Å². The zero-order valence-electron chi connectivity index (χ0n) is 7.44. The summed E-state index contributed by atoms with van der Waals surface area (Å²) in [5.41, 5.74) is 6.21. The smallest absolute Gasteiger partial charge is 0.0620 e. The number of nitrogens with two attached hydrogens (primary N) is 1. The largest absolute Gasteiger partial charge is 0.317 e. The first-order chi connectivity index (χ1) is 5.27. The third-order valence-corrected chi connectivity index (χ3v) is 3.89. The summed E-state index contributed by atoms with van der Waals surface area (Å²) in [5.74, 6) is 1.23. The van der Waals surface area contributed by atoms with Crippen LogP contribution in [0.15, 0.2) is 0 Å². The Morgan fingerprint density at radius 2 is 1.91 bits per heavy atom. The van der Waals surface area contributed by atoms with E-state index in [-0.39, 0.29) is 4.87 Å². The van der Waals surface area contributed by atoms with Crippen molar-refractivity contribution in [2.45, 2.75) is 50.3 Å². The molecule has 0 spiro atoms. The molecule has 0 bridgehead atoms. The lowest BCUT2D eigenvalue weighted by atomic mass is 9.96. The Morgan fingerprint density at radius 1 is 1.27 bits per heavy atom. The lowest BCUT2D eigenvalue weighted by Crippen LogP contribution is -2.38. The molecule has 0 heterocycles. The molecule has 0 amide bonds. The van der Waals surface area contributed by atoms with Crippen molar-refractivity contribution in [1.29, 1.82) is 0 Å². The fourth-order valence-electron chi connectivity index (χ4n) is 1.60. The Hall–Kier alpha value is 0.310. The summed E-state index contributed by atoms with van der Waals surface area (Å²) in [5, 5.41) is 0. The Bertz CT molecular complexity index is 108. The second-order valence-electron chi connectivity index (χ2n) is 3.47. The standard InChI is InChI=1S/C9H19NS/c1-2-8-11-9(10)6-4-3-5-7-9/h2-8,10H2,1H3. The van der Waals surface area contributed by atoms with E-state index in [9.17, 15) is 0 Å². The lowest BCUT2D eigenvalue weighted by molar-refractivity contribution is 0.407. The molecule has 0 saturated heterocycles. The van der Waals surface area contributed by atoms with E-state index in [2.05, 4.69) is 6.92 Å². The normalized spacial score (nSPS) is 23.5. The second-order valence-corrected chi connectivity index (χ2v) is 4.98. The molecule has 2 heteroatoms. The van der Waals surface area contributed by atoms with E-state index in [0.717, 1.165) is 0 Å². The molecule has 0 radical (unpaired) electrons. The SMILES string of the molecule is CCCSC1(N)CCCCC1. The minimum absolute atomic E-state index is 0.147. The molecule has 0 unspecified atom stereocenters. The summed E-state index contributed by atoms with van der Waals surface area (Å²) in [6.45, 7) is 2.22. The van der Waals surface area contributed by atoms with Gasteiger partial charge in [-0.2, -0.15) is 0 Å². The van der Waals surface area contributed by atoms with Crippen LogP contribution in [0.3, 0.4) is 0 Å². The molecule has 0 aromatic carbocycles. The summed E-state index contributed by atoms with van der Waals surface area (Å²) >= 11 is 1.98. The fourth-order valence-corrected chi connectivity index (χ4v) is 2.79. The quantitative estimate of drug-likeness (QED) is 0.664. The number of hydrogen-bond acceptors (Lipinski definition) is 2. The Morgan fingerprint density at radius 3 is 2.45 bits per heavy atom. The molecular formula is C9H19NS. The highest BCUT2D eigenvalue weighted by molar-refractivity contribution is 8.00. The van der Waals surface area contributed by atoms with Gasteiger partial charge in [0.1, 0.15) is 0 Å². The van der Waals surface area contributed by atoms with Gasteiger partial charge in [-0.05, 0) is 25.0 Å². The predicted octanol–water partition coefficient (Wildman–Crippen LogP) is 2.75. The van der Waals surface area contributed by atoms with Crippen LogP contribution >= 0.6 is 11.8 Å². The van der Waals surface area contributed by atoms with Gasteiger partial charge in [-0.25, -0.2) is 0 Å². The van der Waals surface area contributed by atoms with Crippen molar-refractivity contribution in [3.63, 3.8) is 0 Å². The molecule has 0 atom stereocenters. The van der Waals surface area contributed by atoms with Crippen molar-refractivity contribution in [1.82, 2.24) is 0 Å². The predicted molar refractivity (Wildman–Crippen MR) is 52.8 cm³/mol. The van der Waals surface area contributed by atoms with Gasteiger partial charge in [0.15, 0.2) is 0 Å². The van der Waals surface area contributed by atoms with E-state index in [4.69, 9.17) is 5.73 Å². The first kappa shape index (κ1) is 9.40. The van der Waals surface area contributed by atoms with Crippen LogP contribution in [0.2, 0.25) is 0 Å². The van der Waals surface area contributed by atoms with Crippen LogP contribution in [0.4, 0.5) is 0 Å². The highest BCUT2D eigenvalue weighted by Gasteiger charge is 2.26. The van der Waals surface area contributed by atoms with Gasteiger partial charge in [-0.3, -0.25) is 0 Å². The maximum Gasteiger partial charge on any atom is 0.0620 e.